The Hall–Kier alpha value is -2.54. The molecule has 0 unspecified atom stereocenters. The first-order valence-corrected chi connectivity index (χ1v) is 10.2. The van der Waals surface area contributed by atoms with Gasteiger partial charge in [0.15, 0.2) is 0 Å². The van der Waals surface area contributed by atoms with Crippen LogP contribution in [0.1, 0.15) is 13.8 Å². The molecular formula is C19H24N2O4S. The molecule has 26 heavy (non-hydrogen) atoms. The van der Waals surface area contributed by atoms with E-state index in [1.807, 2.05) is 25.1 Å². The molecule has 1 amide bonds. The van der Waals surface area contributed by atoms with Gasteiger partial charge in [0, 0.05) is 12.7 Å². The molecule has 0 aliphatic carbocycles. The molecule has 0 aliphatic rings. The van der Waals surface area contributed by atoms with E-state index in [2.05, 4.69) is 0 Å². The molecular weight excluding hydrogens is 352 g/mol. The van der Waals surface area contributed by atoms with Gasteiger partial charge in [-0.25, -0.2) is 8.42 Å². The van der Waals surface area contributed by atoms with Crippen LogP contribution in [-0.4, -0.2) is 40.3 Å². The van der Waals surface area contributed by atoms with Crippen LogP contribution in [-0.2, 0) is 14.8 Å². The molecule has 0 saturated carbocycles. The molecule has 0 aliphatic heterocycles. The number of para-hydroxylation sites is 1. The highest BCUT2D eigenvalue weighted by Crippen LogP contribution is 2.25. The molecule has 0 radical (unpaired) electrons. The first kappa shape index (κ1) is 19.8. The number of benzene rings is 2. The van der Waals surface area contributed by atoms with Gasteiger partial charge in [-0.1, -0.05) is 18.2 Å². The van der Waals surface area contributed by atoms with Crippen molar-refractivity contribution in [2.45, 2.75) is 19.9 Å². The topological polar surface area (TPSA) is 66.9 Å². The van der Waals surface area contributed by atoms with Gasteiger partial charge in [0.1, 0.15) is 11.8 Å². The van der Waals surface area contributed by atoms with E-state index in [9.17, 15) is 13.2 Å². The van der Waals surface area contributed by atoms with Crippen LogP contribution in [0.2, 0.25) is 0 Å². The molecule has 2 aromatic carbocycles. The normalized spacial score (nSPS) is 12.3. The third-order valence-electron chi connectivity index (χ3n) is 3.94. The third kappa shape index (κ3) is 4.54. The highest BCUT2D eigenvalue weighted by molar-refractivity contribution is 7.92. The van der Waals surface area contributed by atoms with Gasteiger partial charge in [0.05, 0.1) is 18.6 Å². The number of rotatable bonds is 7. The Balaban J connectivity index is 2.33. The summed E-state index contributed by atoms with van der Waals surface area (Å²) in [4.78, 5) is 14.3. The minimum atomic E-state index is -3.66. The summed E-state index contributed by atoms with van der Waals surface area (Å²) in [6.45, 7) is 3.97. The second kappa shape index (κ2) is 8.23. The maximum absolute atomic E-state index is 12.9. The fourth-order valence-corrected chi connectivity index (χ4v) is 3.89. The largest absolute Gasteiger partial charge is 0.494 e. The smallest absolute Gasteiger partial charge is 0.250 e. The average molecular weight is 376 g/mol. The number of hydrogen-bond acceptors (Lipinski definition) is 4. The maximum Gasteiger partial charge on any atom is 0.250 e. The Morgan fingerprint density at radius 1 is 1.04 bits per heavy atom. The number of ether oxygens (including phenoxy) is 1. The summed E-state index contributed by atoms with van der Waals surface area (Å²) in [6.07, 6.45) is 1.09. The lowest BCUT2D eigenvalue weighted by Gasteiger charge is -2.31. The van der Waals surface area contributed by atoms with Gasteiger partial charge in [0.25, 0.3) is 0 Å². The second-order valence-corrected chi connectivity index (χ2v) is 7.75. The van der Waals surface area contributed by atoms with Gasteiger partial charge >= 0.3 is 0 Å². The SMILES string of the molecule is CCOc1ccc(N([C@@H](C)C(=O)N(C)c2ccccc2)S(C)(=O)=O)cc1. The fraction of sp³-hybridized carbons (Fsp3) is 0.316. The molecule has 0 spiro atoms. The summed E-state index contributed by atoms with van der Waals surface area (Å²) in [6, 6.07) is 14.9. The molecule has 0 bridgehead atoms. The first-order chi connectivity index (χ1) is 12.3. The zero-order valence-corrected chi connectivity index (χ0v) is 16.2. The van der Waals surface area contributed by atoms with Gasteiger partial charge in [-0.3, -0.25) is 9.10 Å². The Bertz CT molecular complexity index is 836. The first-order valence-electron chi connectivity index (χ1n) is 8.30. The number of hydrogen-bond donors (Lipinski definition) is 0. The zero-order chi connectivity index (χ0) is 19.3. The Kier molecular flexibility index (Phi) is 6.26. The van der Waals surface area contributed by atoms with Crippen molar-refractivity contribution in [2.24, 2.45) is 0 Å². The van der Waals surface area contributed by atoms with Crippen molar-refractivity contribution in [3.63, 3.8) is 0 Å². The van der Waals surface area contributed by atoms with E-state index in [0.29, 0.717) is 23.7 Å². The predicted octanol–water partition coefficient (Wildman–Crippen LogP) is 2.90. The summed E-state index contributed by atoms with van der Waals surface area (Å²) in [5.74, 6) is 0.320. The summed E-state index contributed by atoms with van der Waals surface area (Å²) < 4.78 is 31.3. The lowest BCUT2D eigenvalue weighted by atomic mass is 10.2. The van der Waals surface area contributed by atoms with E-state index < -0.39 is 16.1 Å². The Labute approximate surface area is 155 Å². The lowest BCUT2D eigenvalue weighted by Crippen LogP contribution is -2.48. The molecule has 140 valence electrons. The van der Waals surface area contributed by atoms with Crippen molar-refractivity contribution < 1.29 is 17.9 Å². The summed E-state index contributed by atoms with van der Waals surface area (Å²) in [5.41, 5.74) is 1.11. The summed E-state index contributed by atoms with van der Waals surface area (Å²) >= 11 is 0. The predicted molar refractivity (Wildman–Crippen MR) is 104 cm³/mol. The molecule has 0 N–H and O–H groups in total. The number of amides is 1. The Morgan fingerprint density at radius 2 is 1.62 bits per heavy atom. The van der Waals surface area contributed by atoms with Gasteiger partial charge in [-0.05, 0) is 50.2 Å². The lowest BCUT2D eigenvalue weighted by molar-refractivity contribution is -0.119. The highest BCUT2D eigenvalue weighted by Gasteiger charge is 2.31. The van der Waals surface area contributed by atoms with E-state index in [4.69, 9.17) is 4.74 Å². The van der Waals surface area contributed by atoms with Crippen LogP contribution in [0.25, 0.3) is 0 Å². The monoisotopic (exact) mass is 376 g/mol. The van der Waals surface area contributed by atoms with Crippen LogP contribution in [0.5, 0.6) is 5.75 Å². The molecule has 0 fully saturated rings. The number of sulfonamides is 1. The summed E-state index contributed by atoms with van der Waals surface area (Å²) in [5, 5.41) is 0. The quantitative estimate of drug-likeness (QED) is 0.745. The fourth-order valence-electron chi connectivity index (χ4n) is 2.72. The van der Waals surface area contributed by atoms with E-state index in [0.717, 1.165) is 10.6 Å². The standard InChI is InChI=1S/C19H24N2O4S/c1-5-25-18-13-11-17(12-14-18)21(26(4,23)24)15(2)19(22)20(3)16-9-7-6-8-10-16/h6-15H,5H2,1-4H3/t15-/m0/s1. The molecule has 1 atom stereocenters. The molecule has 2 rings (SSSR count). The number of carbonyl (C=O) groups is 1. The van der Waals surface area contributed by atoms with Gasteiger partial charge in [-0.15, -0.1) is 0 Å². The zero-order valence-electron chi connectivity index (χ0n) is 15.4. The van der Waals surface area contributed by atoms with Crippen LogP contribution < -0.4 is 13.9 Å². The number of nitrogens with zero attached hydrogens (tertiary/aromatic N) is 2. The van der Waals surface area contributed by atoms with Crippen molar-refractivity contribution in [1.82, 2.24) is 0 Å². The van der Waals surface area contributed by atoms with Crippen LogP contribution in [0.3, 0.4) is 0 Å². The highest BCUT2D eigenvalue weighted by atomic mass is 32.2. The number of carbonyl (C=O) groups excluding carboxylic acids is 1. The number of likely N-dealkylation sites (N-methyl/N-ethyl adjacent to an activating group) is 1. The van der Waals surface area contributed by atoms with E-state index in [1.165, 1.54) is 4.90 Å². The van der Waals surface area contributed by atoms with Crippen LogP contribution >= 0.6 is 0 Å². The third-order valence-corrected chi connectivity index (χ3v) is 5.18. The van der Waals surface area contributed by atoms with E-state index in [1.54, 1.807) is 50.4 Å². The minimum absolute atomic E-state index is 0.324. The maximum atomic E-state index is 12.9. The van der Waals surface area contributed by atoms with E-state index in [-0.39, 0.29) is 5.91 Å². The van der Waals surface area contributed by atoms with Gasteiger partial charge < -0.3 is 9.64 Å². The van der Waals surface area contributed by atoms with Crippen LogP contribution in [0, 0.1) is 0 Å². The molecule has 0 saturated heterocycles. The van der Waals surface area contributed by atoms with Gasteiger partial charge in [-0.2, -0.15) is 0 Å². The van der Waals surface area contributed by atoms with Crippen LogP contribution in [0.15, 0.2) is 54.6 Å². The summed E-state index contributed by atoms with van der Waals surface area (Å²) in [7, 11) is -2.03. The molecule has 7 heteroatoms. The minimum Gasteiger partial charge on any atom is -0.494 e. The average Bonchev–Trinajstić information content (AvgIpc) is 2.62. The van der Waals surface area contributed by atoms with Crippen molar-refractivity contribution in [3.05, 3.63) is 54.6 Å². The van der Waals surface area contributed by atoms with Gasteiger partial charge in [0.2, 0.25) is 15.9 Å². The number of anilines is 2. The molecule has 0 heterocycles. The van der Waals surface area contributed by atoms with Crippen molar-refractivity contribution >= 4 is 27.3 Å². The molecule has 2 aromatic rings. The Morgan fingerprint density at radius 3 is 2.12 bits per heavy atom. The second-order valence-electron chi connectivity index (χ2n) is 5.89. The van der Waals surface area contributed by atoms with Crippen molar-refractivity contribution in [3.8, 4) is 5.75 Å². The van der Waals surface area contributed by atoms with Crippen molar-refractivity contribution in [2.75, 3.05) is 29.1 Å². The molecule has 0 aromatic heterocycles. The van der Waals surface area contributed by atoms with Crippen molar-refractivity contribution in [1.29, 1.82) is 0 Å². The van der Waals surface area contributed by atoms with E-state index >= 15 is 0 Å². The molecule has 6 nitrogen and oxygen atoms in total. The van der Waals surface area contributed by atoms with Crippen LogP contribution in [0.4, 0.5) is 11.4 Å².